The molecule has 2 N–H and O–H groups in total. The molecule has 5 nitrogen and oxygen atoms in total. The van der Waals surface area contributed by atoms with Crippen molar-refractivity contribution in [1.82, 2.24) is 10.2 Å². The highest BCUT2D eigenvalue weighted by atomic mass is 16.3. The Morgan fingerprint density at radius 1 is 1.29 bits per heavy atom. The van der Waals surface area contributed by atoms with E-state index in [0.29, 0.717) is 6.54 Å². The number of amides is 2. The molecule has 1 rings (SSSR count). The van der Waals surface area contributed by atoms with Crippen LogP contribution in [0.15, 0.2) is 0 Å². The molecule has 1 fully saturated rings. The van der Waals surface area contributed by atoms with Crippen LogP contribution in [0.25, 0.3) is 0 Å². The van der Waals surface area contributed by atoms with Gasteiger partial charge in [-0.2, -0.15) is 0 Å². The van der Waals surface area contributed by atoms with Gasteiger partial charge in [0.1, 0.15) is 0 Å². The Labute approximate surface area is 102 Å². The van der Waals surface area contributed by atoms with E-state index >= 15 is 0 Å². The molecular formula is C12H22N2O3. The van der Waals surface area contributed by atoms with Crippen LogP contribution >= 0.6 is 0 Å². The second-order valence-electron chi connectivity index (χ2n) is 4.51. The molecule has 98 valence electrons. The van der Waals surface area contributed by atoms with Crippen molar-refractivity contribution in [2.45, 2.75) is 45.1 Å². The van der Waals surface area contributed by atoms with Crippen LogP contribution < -0.4 is 5.32 Å². The van der Waals surface area contributed by atoms with Gasteiger partial charge in [0.25, 0.3) is 0 Å². The molecule has 1 aliphatic carbocycles. The molecule has 0 bridgehead atoms. The largest absolute Gasteiger partial charge is 0.395 e. The van der Waals surface area contributed by atoms with Gasteiger partial charge in [-0.05, 0) is 12.8 Å². The van der Waals surface area contributed by atoms with Crippen LogP contribution in [0.3, 0.4) is 0 Å². The molecule has 0 aromatic rings. The zero-order valence-corrected chi connectivity index (χ0v) is 10.4. The average Bonchev–Trinajstić information content (AvgIpc) is 2.34. The molecular weight excluding hydrogens is 220 g/mol. The topological polar surface area (TPSA) is 69.6 Å². The van der Waals surface area contributed by atoms with E-state index in [9.17, 15) is 9.59 Å². The van der Waals surface area contributed by atoms with Gasteiger partial charge >= 0.3 is 0 Å². The minimum Gasteiger partial charge on any atom is -0.395 e. The lowest BCUT2D eigenvalue weighted by Crippen LogP contribution is -2.47. The SMILES string of the molecule is CC(=O)NCC(=O)N(CCO)C1CCCCC1. The van der Waals surface area contributed by atoms with E-state index in [1.807, 2.05) is 0 Å². The summed E-state index contributed by atoms with van der Waals surface area (Å²) in [5, 5.41) is 11.5. The van der Waals surface area contributed by atoms with Crippen LogP contribution in [-0.2, 0) is 9.59 Å². The van der Waals surface area contributed by atoms with E-state index in [4.69, 9.17) is 5.11 Å². The molecule has 1 aliphatic rings. The maximum atomic E-state index is 11.9. The fraction of sp³-hybridized carbons (Fsp3) is 0.833. The van der Waals surface area contributed by atoms with E-state index in [0.717, 1.165) is 25.7 Å². The summed E-state index contributed by atoms with van der Waals surface area (Å²) in [6.07, 6.45) is 5.51. The van der Waals surface area contributed by atoms with Crippen molar-refractivity contribution in [3.05, 3.63) is 0 Å². The number of aliphatic hydroxyl groups excluding tert-OH is 1. The minimum absolute atomic E-state index is 0.0255. The summed E-state index contributed by atoms with van der Waals surface area (Å²) in [5.41, 5.74) is 0. The molecule has 5 heteroatoms. The van der Waals surface area contributed by atoms with Crippen LogP contribution in [0, 0.1) is 0 Å². The summed E-state index contributed by atoms with van der Waals surface area (Å²) in [4.78, 5) is 24.4. The Kier molecular flexibility index (Phi) is 5.97. The van der Waals surface area contributed by atoms with Crippen molar-refractivity contribution < 1.29 is 14.7 Å². The molecule has 0 saturated heterocycles. The Morgan fingerprint density at radius 2 is 1.94 bits per heavy atom. The first kappa shape index (κ1) is 14.0. The van der Waals surface area contributed by atoms with Crippen molar-refractivity contribution in [2.24, 2.45) is 0 Å². The highest BCUT2D eigenvalue weighted by Crippen LogP contribution is 2.22. The number of nitrogens with zero attached hydrogens (tertiary/aromatic N) is 1. The van der Waals surface area contributed by atoms with Gasteiger partial charge in [-0.1, -0.05) is 19.3 Å². The van der Waals surface area contributed by atoms with Gasteiger partial charge in [0.2, 0.25) is 11.8 Å². The highest BCUT2D eigenvalue weighted by molar-refractivity contribution is 5.83. The first-order valence-corrected chi connectivity index (χ1v) is 6.30. The number of carbonyl (C=O) groups excluding carboxylic acids is 2. The lowest BCUT2D eigenvalue weighted by atomic mass is 9.94. The predicted octanol–water partition coefficient (Wildman–Crippen LogP) is 0.276. The second-order valence-corrected chi connectivity index (χ2v) is 4.51. The fourth-order valence-electron chi connectivity index (χ4n) is 2.31. The Morgan fingerprint density at radius 3 is 2.47 bits per heavy atom. The Bertz CT molecular complexity index is 262. The van der Waals surface area contributed by atoms with Gasteiger partial charge in [0, 0.05) is 19.5 Å². The zero-order valence-electron chi connectivity index (χ0n) is 10.4. The molecule has 17 heavy (non-hydrogen) atoms. The molecule has 0 aromatic heterocycles. The summed E-state index contributed by atoms with van der Waals surface area (Å²) < 4.78 is 0. The number of rotatable bonds is 5. The summed E-state index contributed by atoms with van der Waals surface area (Å²) in [6, 6.07) is 0.233. The van der Waals surface area contributed by atoms with E-state index in [-0.39, 0.29) is 31.0 Å². The molecule has 0 aliphatic heterocycles. The normalized spacial score (nSPS) is 16.6. The van der Waals surface area contributed by atoms with Gasteiger partial charge in [0.15, 0.2) is 0 Å². The van der Waals surface area contributed by atoms with Crippen molar-refractivity contribution in [3.8, 4) is 0 Å². The maximum Gasteiger partial charge on any atom is 0.242 e. The summed E-state index contributed by atoms with van der Waals surface area (Å²) >= 11 is 0. The Balaban J connectivity index is 2.50. The molecule has 0 aromatic carbocycles. The number of hydrogen-bond acceptors (Lipinski definition) is 3. The smallest absolute Gasteiger partial charge is 0.242 e. The molecule has 0 heterocycles. The molecule has 1 saturated carbocycles. The number of nitrogens with one attached hydrogen (secondary N) is 1. The van der Waals surface area contributed by atoms with Crippen LogP contribution in [0.4, 0.5) is 0 Å². The third-order valence-corrected chi connectivity index (χ3v) is 3.17. The van der Waals surface area contributed by atoms with Crippen LogP contribution in [0.5, 0.6) is 0 Å². The average molecular weight is 242 g/mol. The molecule has 0 unspecified atom stereocenters. The minimum atomic E-state index is -0.203. The predicted molar refractivity (Wildman–Crippen MR) is 64.4 cm³/mol. The number of aliphatic hydroxyl groups is 1. The monoisotopic (exact) mass is 242 g/mol. The van der Waals surface area contributed by atoms with Crippen LogP contribution in [0.1, 0.15) is 39.0 Å². The summed E-state index contributed by atoms with van der Waals surface area (Å²) in [5.74, 6) is -0.299. The quantitative estimate of drug-likeness (QED) is 0.727. The van der Waals surface area contributed by atoms with Gasteiger partial charge in [0.05, 0.1) is 13.2 Å². The molecule has 2 amide bonds. The molecule has 0 atom stereocenters. The van der Waals surface area contributed by atoms with E-state index in [2.05, 4.69) is 5.32 Å². The van der Waals surface area contributed by atoms with Crippen molar-refractivity contribution in [2.75, 3.05) is 19.7 Å². The van der Waals surface area contributed by atoms with Crippen molar-refractivity contribution >= 4 is 11.8 Å². The van der Waals surface area contributed by atoms with Gasteiger partial charge in [-0.15, -0.1) is 0 Å². The molecule has 0 spiro atoms. The van der Waals surface area contributed by atoms with E-state index < -0.39 is 0 Å². The lowest BCUT2D eigenvalue weighted by Gasteiger charge is -2.34. The summed E-state index contributed by atoms with van der Waals surface area (Å²) in [7, 11) is 0. The van der Waals surface area contributed by atoms with E-state index in [1.165, 1.54) is 13.3 Å². The van der Waals surface area contributed by atoms with Gasteiger partial charge in [-0.25, -0.2) is 0 Å². The van der Waals surface area contributed by atoms with Crippen molar-refractivity contribution in [1.29, 1.82) is 0 Å². The van der Waals surface area contributed by atoms with Gasteiger partial charge < -0.3 is 15.3 Å². The van der Waals surface area contributed by atoms with Gasteiger partial charge in [-0.3, -0.25) is 9.59 Å². The zero-order chi connectivity index (χ0) is 12.7. The molecule has 0 radical (unpaired) electrons. The second kappa shape index (κ2) is 7.27. The highest BCUT2D eigenvalue weighted by Gasteiger charge is 2.24. The first-order valence-electron chi connectivity index (χ1n) is 6.30. The third kappa shape index (κ3) is 4.73. The van der Waals surface area contributed by atoms with E-state index in [1.54, 1.807) is 4.90 Å². The standard InChI is InChI=1S/C12H22N2O3/c1-10(16)13-9-12(17)14(7-8-15)11-5-3-2-4-6-11/h11,15H,2-9H2,1H3,(H,13,16). The third-order valence-electron chi connectivity index (χ3n) is 3.17. The van der Waals surface area contributed by atoms with Crippen LogP contribution in [0.2, 0.25) is 0 Å². The fourth-order valence-corrected chi connectivity index (χ4v) is 2.31. The number of hydrogen-bond donors (Lipinski definition) is 2. The lowest BCUT2D eigenvalue weighted by molar-refractivity contribution is -0.135. The van der Waals surface area contributed by atoms with Crippen molar-refractivity contribution in [3.63, 3.8) is 0 Å². The first-order chi connectivity index (χ1) is 8.15. The number of carbonyl (C=O) groups is 2. The Hall–Kier alpha value is -1.10. The van der Waals surface area contributed by atoms with Crippen LogP contribution in [-0.4, -0.2) is 47.6 Å². The maximum absolute atomic E-state index is 11.9. The summed E-state index contributed by atoms with van der Waals surface area (Å²) in [6.45, 7) is 1.77.